The maximum atomic E-state index is 11.7. The number of hydroxylamine groups is 2. The van der Waals surface area contributed by atoms with Gasteiger partial charge in [0.15, 0.2) is 0 Å². The molecule has 1 heterocycles. The zero-order valence-corrected chi connectivity index (χ0v) is 10.8. The number of benzene rings is 1. The van der Waals surface area contributed by atoms with Crippen molar-refractivity contribution in [2.24, 2.45) is 0 Å². The van der Waals surface area contributed by atoms with E-state index in [1.54, 1.807) is 0 Å². The van der Waals surface area contributed by atoms with E-state index >= 15 is 0 Å². The number of hydrogen-bond acceptors (Lipinski definition) is 6. The molecule has 1 aliphatic heterocycles. The minimum atomic E-state index is -4.46. The van der Waals surface area contributed by atoms with Crippen LogP contribution in [0, 0.1) is 0 Å². The first-order chi connectivity index (χ1) is 9.29. The van der Waals surface area contributed by atoms with Crippen LogP contribution in [-0.2, 0) is 24.5 Å². The van der Waals surface area contributed by atoms with E-state index in [9.17, 15) is 22.8 Å². The molecule has 0 atom stereocenters. The van der Waals surface area contributed by atoms with Gasteiger partial charge in [-0.1, -0.05) is 6.07 Å². The van der Waals surface area contributed by atoms with Gasteiger partial charge in [0, 0.05) is 12.8 Å². The van der Waals surface area contributed by atoms with Crippen molar-refractivity contribution in [2.45, 2.75) is 17.7 Å². The number of carbonyl (C=O) groups is 3. The Labute approximate surface area is 113 Å². The molecule has 1 fully saturated rings. The summed E-state index contributed by atoms with van der Waals surface area (Å²) in [6.45, 7) is 0. The fourth-order valence-corrected chi connectivity index (χ4v) is 2.10. The second-order valence-electron chi connectivity index (χ2n) is 3.96. The van der Waals surface area contributed by atoms with E-state index in [1.807, 2.05) is 0 Å². The van der Waals surface area contributed by atoms with Gasteiger partial charge in [-0.15, -0.1) is 5.06 Å². The fourth-order valence-electron chi connectivity index (χ4n) is 1.58. The van der Waals surface area contributed by atoms with Crippen molar-refractivity contribution in [3.63, 3.8) is 0 Å². The molecular formula is C11H9NO7S. The summed E-state index contributed by atoms with van der Waals surface area (Å²) in [6, 6.07) is 4.40. The van der Waals surface area contributed by atoms with E-state index in [0.717, 1.165) is 12.1 Å². The molecule has 106 valence electrons. The van der Waals surface area contributed by atoms with Crippen LogP contribution in [0.5, 0.6) is 0 Å². The summed E-state index contributed by atoms with van der Waals surface area (Å²) in [5, 5.41) is 0.350. The van der Waals surface area contributed by atoms with Crippen LogP contribution in [0.15, 0.2) is 29.2 Å². The lowest BCUT2D eigenvalue weighted by atomic mass is 10.2. The lowest BCUT2D eigenvalue weighted by molar-refractivity contribution is -0.172. The van der Waals surface area contributed by atoms with Crippen LogP contribution in [0.2, 0.25) is 0 Å². The van der Waals surface area contributed by atoms with Gasteiger partial charge in [-0.25, -0.2) is 4.79 Å². The van der Waals surface area contributed by atoms with Gasteiger partial charge in [0.05, 0.1) is 10.5 Å². The molecule has 0 spiro atoms. The van der Waals surface area contributed by atoms with Crippen LogP contribution in [0.1, 0.15) is 23.2 Å². The molecule has 1 aromatic carbocycles. The highest BCUT2D eigenvalue weighted by molar-refractivity contribution is 7.85. The molecule has 8 nitrogen and oxygen atoms in total. The van der Waals surface area contributed by atoms with E-state index < -0.39 is 32.8 Å². The molecule has 1 aliphatic rings. The molecule has 0 radical (unpaired) electrons. The van der Waals surface area contributed by atoms with Gasteiger partial charge >= 0.3 is 5.97 Å². The Hall–Kier alpha value is -2.26. The number of hydrogen-bond donors (Lipinski definition) is 1. The summed E-state index contributed by atoms with van der Waals surface area (Å²) in [5.74, 6) is -2.36. The topological polar surface area (TPSA) is 118 Å². The molecule has 2 amide bonds. The average molecular weight is 299 g/mol. The quantitative estimate of drug-likeness (QED) is 0.623. The first-order valence-corrected chi connectivity index (χ1v) is 6.88. The van der Waals surface area contributed by atoms with Crippen molar-refractivity contribution >= 4 is 27.9 Å². The molecule has 9 heteroatoms. The summed E-state index contributed by atoms with van der Waals surface area (Å²) in [5.41, 5.74) is -0.215. The number of amides is 2. The lowest BCUT2D eigenvalue weighted by Gasteiger charge is -2.12. The summed E-state index contributed by atoms with van der Waals surface area (Å²) < 4.78 is 30.7. The van der Waals surface area contributed by atoms with Gasteiger partial charge in [0.1, 0.15) is 0 Å². The normalized spacial score (nSPS) is 15.6. The molecular weight excluding hydrogens is 290 g/mol. The van der Waals surface area contributed by atoms with Crippen LogP contribution in [0.4, 0.5) is 0 Å². The molecule has 0 aliphatic carbocycles. The fraction of sp³-hybridized carbons (Fsp3) is 0.182. The molecule has 0 unspecified atom stereocenters. The molecule has 1 aromatic rings. The van der Waals surface area contributed by atoms with Crippen LogP contribution < -0.4 is 0 Å². The van der Waals surface area contributed by atoms with Crippen molar-refractivity contribution < 1.29 is 32.2 Å². The van der Waals surface area contributed by atoms with Gasteiger partial charge in [-0.3, -0.25) is 14.1 Å². The molecule has 0 bridgehead atoms. The van der Waals surface area contributed by atoms with E-state index in [0.29, 0.717) is 5.06 Å². The number of nitrogens with zero attached hydrogens (tertiary/aromatic N) is 1. The standard InChI is InChI=1S/C11H9NO7S/c13-9-4-5-10(14)12(9)19-11(15)7-2-1-3-8(6-7)20(16,17)18/h1-3,6H,4-5H2,(H,16,17,18). The molecule has 2 rings (SSSR count). The summed E-state index contributed by atoms with van der Waals surface area (Å²) in [7, 11) is -4.46. The molecule has 1 saturated heterocycles. The first-order valence-electron chi connectivity index (χ1n) is 5.44. The van der Waals surface area contributed by atoms with Crippen LogP contribution in [-0.4, -0.2) is 35.8 Å². The summed E-state index contributed by atoms with van der Waals surface area (Å²) >= 11 is 0. The summed E-state index contributed by atoms with van der Waals surface area (Å²) in [6.07, 6.45) is -0.0889. The van der Waals surface area contributed by atoms with Crippen molar-refractivity contribution in [3.8, 4) is 0 Å². The molecule has 0 saturated carbocycles. The second-order valence-corrected chi connectivity index (χ2v) is 5.39. The third kappa shape index (κ3) is 2.83. The first kappa shape index (κ1) is 14.2. The Bertz CT molecular complexity index is 678. The van der Waals surface area contributed by atoms with Crippen LogP contribution in [0.3, 0.4) is 0 Å². The Morgan fingerprint density at radius 2 is 1.80 bits per heavy atom. The Balaban J connectivity index is 2.22. The Morgan fingerprint density at radius 1 is 1.20 bits per heavy atom. The number of imide groups is 1. The van der Waals surface area contributed by atoms with E-state index in [1.165, 1.54) is 12.1 Å². The Morgan fingerprint density at radius 3 is 2.35 bits per heavy atom. The van der Waals surface area contributed by atoms with Crippen molar-refractivity contribution in [1.29, 1.82) is 0 Å². The van der Waals surface area contributed by atoms with Crippen LogP contribution in [0.25, 0.3) is 0 Å². The third-order valence-electron chi connectivity index (χ3n) is 2.55. The number of rotatable bonds is 3. The highest BCUT2D eigenvalue weighted by atomic mass is 32.2. The monoisotopic (exact) mass is 299 g/mol. The highest BCUT2D eigenvalue weighted by Crippen LogP contribution is 2.16. The average Bonchev–Trinajstić information content (AvgIpc) is 2.69. The van der Waals surface area contributed by atoms with Gasteiger partial charge in [0.2, 0.25) is 0 Å². The minimum absolute atomic E-state index is 0.0445. The Kier molecular flexibility index (Phi) is 3.55. The van der Waals surface area contributed by atoms with E-state index in [-0.39, 0.29) is 18.4 Å². The van der Waals surface area contributed by atoms with Crippen molar-refractivity contribution in [2.75, 3.05) is 0 Å². The minimum Gasteiger partial charge on any atom is -0.325 e. The van der Waals surface area contributed by atoms with Gasteiger partial charge in [0.25, 0.3) is 21.9 Å². The van der Waals surface area contributed by atoms with Gasteiger partial charge in [-0.05, 0) is 18.2 Å². The lowest BCUT2D eigenvalue weighted by Crippen LogP contribution is -2.32. The zero-order valence-electron chi connectivity index (χ0n) is 9.98. The molecule has 0 aromatic heterocycles. The van der Waals surface area contributed by atoms with Gasteiger partial charge in [-0.2, -0.15) is 8.42 Å². The smallest absolute Gasteiger partial charge is 0.325 e. The molecule has 20 heavy (non-hydrogen) atoms. The predicted molar refractivity (Wildman–Crippen MR) is 62.8 cm³/mol. The summed E-state index contributed by atoms with van der Waals surface area (Å²) in [4.78, 5) is 38.4. The largest absolute Gasteiger partial charge is 0.363 e. The highest BCUT2D eigenvalue weighted by Gasteiger charge is 2.33. The predicted octanol–water partition coefficient (Wildman–Crippen LogP) is 0.154. The molecule has 1 N–H and O–H groups in total. The van der Waals surface area contributed by atoms with Gasteiger partial charge < -0.3 is 4.84 Å². The van der Waals surface area contributed by atoms with E-state index in [4.69, 9.17) is 4.55 Å². The zero-order chi connectivity index (χ0) is 14.9. The SMILES string of the molecule is O=C(ON1C(=O)CCC1=O)c1cccc(S(=O)(=O)O)c1. The number of carbonyl (C=O) groups excluding carboxylic acids is 3. The maximum absolute atomic E-state index is 11.7. The maximum Gasteiger partial charge on any atom is 0.363 e. The van der Waals surface area contributed by atoms with Crippen LogP contribution >= 0.6 is 0 Å². The van der Waals surface area contributed by atoms with E-state index in [2.05, 4.69) is 4.84 Å². The second kappa shape index (κ2) is 5.02. The third-order valence-corrected chi connectivity index (χ3v) is 3.40. The van der Waals surface area contributed by atoms with Crippen molar-refractivity contribution in [3.05, 3.63) is 29.8 Å². The van der Waals surface area contributed by atoms with Crippen molar-refractivity contribution in [1.82, 2.24) is 5.06 Å².